The minimum atomic E-state index is 0.781. The van der Waals surface area contributed by atoms with Crippen molar-refractivity contribution in [2.75, 3.05) is 24.5 Å². The summed E-state index contributed by atoms with van der Waals surface area (Å²) in [6.45, 7) is 15.5. The third-order valence-corrected chi connectivity index (χ3v) is 7.51. The number of aryl methyl sites for hydroxylation is 1. The Balaban J connectivity index is 0.00000181. The minimum absolute atomic E-state index is 0.781. The van der Waals surface area contributed by atoms with Crippen LogP contribution in [0.15, 0.2) is 113 Å². The number of aliphatic imine (C=N–C) groups is 1. The molecular weight excluding hydrogens is 486 g/mol. The summed E-state index contributed by atoms with van der Waals surface area (Å²) in [5.41, 5.74) is 12.2. The smallest absolute Gasteiger partial charge is 0.0577 e. The molecule has 0 unspecified atom stereocenters. The van der Waals surface area contributed by atoms with Gasteiger partial charge in [0.1, 0.15) is 0 Å². The van der Waals surface area contributed by atoms with Gasteiger partial charge in [-0.15, -0.1) is 0 Å². The first kappa shape index (κ1) is 28.9. The summed E-state index contributed by atoms with van der Waals surface area (Å²) in [5.74, 6) is 0. The van der Waals surface area contributed by atoms with E-state index < -0.39 is 0 Å². The number of anilines is 1. The number of nitrogens with zero attached hydrogens (tertiary/aromatic N) is 3. The zero-order valence-corrected chi connectivity index (χ0v) is 25.2. The fourth-order valence-electron chi connectivity index (χ4n) is 5.65. The van der Waals surface area contributed by atoms with Gasteiger partial charge in [0.15, 0.2) is 0 Å². The van der Waals surface area contributed by atoms with Crippen molar-refractivity contribution >= 4 is 27.9 Å². The second kappa shape index (κ2) is 13.3. The summed E-state index contributed by atoms with van der Waals surface area (Å²) >= 11 is 0. The van der Waals surface area contributed by atoms with E-state index in [1.807, 2.05) is 13.8 Å². The molecule has 0 bridgehead atoms. The van der Waals surface area contributed by atoms with E-state index in [0.29, 0.717) is 0 Å². The Kier molecular flexibility index (Phi) is 9.60. The van der Waals surface area contributed by atoms with Crippen LogP contribution in [0.3, 0.4) is 0 Å². The topological polar surface area (TPSA) is 20.5 Å². The van der Waals surface area contributed by atoms with Crippen molar-refractivity contribution in [3.05, 3.63) is 119 Å². The average molecular weight is 530 g/mol. The lowest BCUT2D eigenvalue weighted by Gasteiger charge is -2.23. The minimum Gasteiger partial charge on any atom is -0.372 e. The van der Waals surface area contributed by atoms with Crippen LogP contribution < -0.4 is 4.90 Å². The van der Waals surface area contributed by atoms with Crippen molar-refractivity contribution in [3.63, 3.8) is 0 Å². The molecule has 3 heteroatoms. The molecule has 40 heavy (non-hydrogen) atoms. The van der Waals surface area contributed by atoms with Gasteiger partial charge in [-0.05, 0) is 85.9 Å². The molecule has 4 aromatic rings. The second-order valence-electron chi connectivity index (χ2n) is 9.73. The zero-order valence-electron chi connectivity index (χ0n) is 25.2. The lowest BCUT2D eigenvalue weighted by Crippen LogP contribution is -2.21. The molecule has 0 N–H and O–H groups in total. The van der Waals surface area contributed by atoms with Crippen molar-refractivity contribution in [1.82, 2.24) is 4.57 Å². The van der Waals surface area contributed by atoms with Crippen molar-refractivity contribution in [2.45, 2.75) is 41.5 Å². The first-order chi connectivity index (χ1) is 19.6. The van der Waals surface area contributed by atoms with Crippen LogP contribution in [-0.2, 0) is 7.05 Å². The van der Waals surface area contributed by atoms with Crippen LogP contribution >= 0.6 is 0 Å². The van der Waals surface area contributed by atoms with E-state index in [9.17, 15) is 0 Å². The molecule has 0 aliphatic heterocycles. The lowest BCUT2D eigenvalue weighted by molar-refractivity contribution is 0.866. The SMILES string of the molecule is CC.CCN=C1C=C/C(=C(\c2ccc(N(CC)CC)cc2)c2c(-c3ccccc3)n(C)c3ccccc23)C(C)=C1. The predicted octanol–water partition coefficient (Wildman–Crippen LogP) is 9.50. The number of fused-ring (bicyclic) bond motifs is 1. The van der Waals surface area contributed by atoms with Crippen LogP contribution in [0.1, 0.15) is 52.7 Å². The molecular formula is C37H43N3. The Hall–Kier alpha value is -4.11. The molecule has 1 aromatic heterocycles. The lowest BCUT2D eigenvalue weighted by atomic mass is 9.85. The van der Waals surface area contributed by atoms with Gasteiger partial charge in [0.05, 0.1) is 11.4 Å². The maximum Gasteiger partial charge on any atom is 0.0577 e. The summed E-state index contributed by atoms with van der Waals surface area (Å²) in [6.07, 6.45) is 6.63. The summed E-state index contributed by atoms with van der Waals surface area (Å²) in [7, 11) is 2.19. The standard InChI is InChI=1S/C35H37N3.C2H6/c1-6-36-28-20-23-30(25(4)24-28)33(26-18-21-29(22-19-26)38(7-2)8-3)34-31-16-12-13-17-32(31)37(5)35(34)27-14-10-9-11-15-27;1-2/h9-24H,6-8H2,1-5H3;1-2H3/b33-30-,36-28?;. The van der Waals surface area contributed by atoms with Crippen LogP contribution in [0.25, 0.3) is 27.7 Å². The third kappa shape index (κ3) is 5.60. The Labute approximate surface area is 240 Å². The summed E-state index contributed by atoms with van der Waals surface area (Å²) in [4.78, 5) is 7.06. The molecule has 0 atom stereocenters. The van der Waals surface area contributed by atoms with Gasteiger partial charge in [0.25, 0.3) is 0 Å². The third-order valence-electron chi connectivity index (χ3n) is 7.51. The maximum atomic E-state index is 4.66. The molecule has 1 aliphatic carbocycles. The number of allylic oxidation sites excluding steroid dienone is 5. The molecule has 0 saturated carbocycles. The molecule has 0 spiro atoms. The molecule has 3 nitrogen and oxygen atoms in total. The Morgan fingerprint density at radius 1 is 0.800 bits per heavy atom. The summed E-state index contributed by atoms with van der Waals surface area (Å²) < 4.78 is 2.35. The molecule has 206 valence electrons. The van der Waals surface area contributed by atoms with Gasteiger partial charge >= 0.3 is 0 Å². The highest BCUT2D eigenvalue weighted by Crippen LogP contribution is 2.43. The monoisotopic (exact) mass is 529 g/mol. The number of hydrogen-bond donors (Lipinski definition) is 0. The second-order valence-corrected chi connectivity index (χ2v) is 9.73. The van der Waals surface area contributed by atoms with Gasteiger partial charge in [0.2, 0.25) is 0 Å². The maximum absolute atomic E-state index is 4.66. The highest BCUT2D eigenvalue weighted by Gasteiger charge is 2.24. The van der Waals surface area contributed by atoms with Crippen LogP contribution in [0.5, 0.6) is 0 Å². The molecule has 5 rings (SSSR count). The predicted molar refractivity (Wildman–Crippen MR) is 177 cm³/mol. The van der Waals surface area contributed by atoms with E-state index in [-0.39, 0.29) is 0 Å². The molecule has 1 aliphatic rings. The Morgan fingerprint density at radius 3 is 2.08 bits per heavy atom. The van der Waals surface area contributed by atoms with Gasteiger partial charge in [-0.2, -0.15) is 0 Å². The number of aromatic nitrogens is 1. The summed E-state index contributed by atoms with van der Waals surface area (Å²) in [5, 5.41) is 1.26. The van der Waals surface area contributed by atoms with Crippen molar-refractivity contribution < 1.29 is 0 Å². The van der Waals surface area contributed by atoms with E-state index in [0.717, 1.165) is 25.3 Å². The van der Waals surface area contributed by atoms with Gasteiger partial charge in [-0.3, -0.25) is 4.99 Å². The first-order valence-electron chi connectivity index (χ1n) is 14.7. The molecule has 0 amide bonds. The average Bonchev–Trinajstić information content (AvgIpc) is 3.29. The quantitative estimate of drug-likeness (QED) is 0.233. The van der Waals surface area contributed by atoms with E-state index in [1.54, 1.807) is 0 Å². The molecule has 0 fully saturated rings. The highest BCUT2D eigenvalue weighted by molar-refractivity contribution is 6.10. The van der Waals surface area contributed by atoms with E-state index in [4.69, 9.17) is 0 Å². The van der Waals surface area contributed by atoms with E-state index >= 15 is 0 Å². The van der Waals surface area contributed by atoms with Crippen molar-refractivity contribution in [3.8, 4) is 11.3 Å². The Morgan fingerprint density at radius 2 is 1.45 bits per heavy atom. The van der Waals surface area contributed by atoms with Crippen molar-refractivity contribution in [2.24, 2.45) is 12.0 Å². The van der Waals surface area contributed by atoms with E-state index in [2.05, 4.69) is 146 Å². The van der Waals surface area contributed by atoms with E-state index in [1.165, 1.54) is 55.7 Å². The van der Waals surface area contributed by atoms with Crippen LogP contribution in [-0.4, -0.2) is 29.9 Å². The van der Waals surface area contributed by atoms with Gasteiger partial charge in [-0.25, -0.2) is 0 Å². The number of para-hydroxylation sites is 1. The fourth-order valence-corrected chi connectivity index (χ4v) is 5.65. The zero-order chi connectivity index (χ0) is 28.6. The first-order valence-corrected chi connectivity index (χ1v) is 14.7. The molecule has 0 radical (unpaired) electrons. The van der Waals surface area contributed by atoms with Crippen molar-refractivity contribution in [1.29, 1.82) is 0 Å². The largest absolute Gasteiger partial charge is 0.372 e. The number of rotatable bonds is 7. The molecule has 0 saturated heterocycles. The van der Waals surface area contributed by atoms with Crippen LogP contribution in [0, 0.1) is 0 Å². The summed E-state index contributed by atoms with van der Waals surface area (Å²) in [6, 6.07) is 28.7. The normalized spacial score (nSPS) is 15.1. The van der Waals surface area contributed by atoms with Crippen LogP contribution in [0.2, 0.25) is 0 Å². The Bertz CT molecular complexity index is 1560. The number of hydrogen-bond acceptors (Lipinski definition) is 2. The highest BCUT2D eigenvalue weighted by atomic mass is 15.1. The molecule has 3 aromatic carbocycles. The molecule has 1 heterocycles. The van der Waals surface area contributed by atoms with Crippen LogP contribution in [0.4, 0.5) is 5.69 Å². The fraction of sp³-hybridized carbons (Fsp3) is 0.270. The van der Waals surface area contributed by atoms with Gasteiger partial charge in [0, 0.05) is 48.8 Å². The van der Waals surface area contributed by atoms with Gasteiger partial charge in [-0.1, -0.05) is 80.6 Å². The number of benzene rings is 3. The van der Waals surface area contributed by atoms with Gasteiger partial charge < -0.3 is 9.47 Å².